The second-order valence-electron chi connectivity index (χ2n) is 5.90. The van der Waals surface area contributed by atoms with E-state index in [1.165, 1.54) is 14.0 Å². The van der Waals surface area contributed by atoms with Gasteiger partial charge in [-0.2, -0.15) is 0 Å². The monoisotopic (exact) mass is 296 g/mol. The van der Waals surface area contributed by atoms with Crippen molar-refractivity contribution in [2.24, 2.45) is 11.7 Å². The van der Waals surface area contributed by atoms with Crippen LogP contribution in [0.3, 0.4) is 0 Å². The van der Waals surface area contributed by atoms with Gasteiger partial charge in [-0.05, 0) is 32.6 Å². The molecule has 1 aliphatic rings. The fourth-order valence-corrected chi connectivity index (χ4v) is 2.75. The quantitative estimate of drug-likeness (QED) is 0.728. The summed E-state index contributed by atoms with van der Waals surface area (Å²) in [6.45, 7) is 6.80. The predicted octanol–water partition coefficient (Wildman–Crippen LogP) is 0.697. The van der Waals surface area contributed by atoms with Gasteiger partial charge in [-0.25, -0.2) is 4.79 Å². The van der Waals surface area contributed by atoms with Crippen molar-refractivity contribution in [2.75, 3.05) is 7.11 Å². The first-order valence-corrected chi connectivity index (χ1v) is 7.04. The van der Waals surface area contributed by atoms with E-state index in [0.717, 1.165) is 5.57 Å². The van der Waals surface area contributed by atoms with Crippen LogP contribution in [0.15, 0.2) is 11.1 Å². The summed E-state index contributed by atoms with van der Waals surface area (Å²) in [5, 5.41) is 2.63. The fraction of sp³-hybridized carbons (Fsp3) is 0.667. The largest absolute Gasteiger partial charge is 0.467 e. The number of ether oxygens (including phenoxy) is 1. The third-order valence-electron chi connectivity index (χ3n) is 3.93. The van der Waals surface area contributed by atoms with E-state index in [4.69, 9.17) is 10.5 Å². The molecule has 1 aliphatic carbocycles. The van der Waals surface area contributed by atoms with Crippen molar-refractivity contribution >= 4 is 17.7 Å². The zero-order valence-corrected chi connectivity index (χ0v) is 13.3. The second-order valence-corrected chi connectivity index (χ2v) is 5.90. The number of allylic oxidation sites excluding steroid dienone is 1. The Morgan fingerprint density at radius 2 is 1.90 bits per heavy atom. The minimum atomic E-state index is -1.36. The maximum atomic E-state index is 12.5. The lowest BCUT2D eigenvalue weighted by Crippen LogP contribution is -2.59. The van der Waals surface area contributed by atoms with Gasteiger partial charge in [-0.3, -0.25) is 9.59 Å². The van der Waals surface area contributed by atoms with Crippen LogP contribution < -0.4 is 11.1 Å². The number of carbonyl (C=O) groups excluding carboxylic acids is 3. The molecule has 1 amide bonds. The molecule has 0 aromatic carbocycles. The summed E-state index contributed by atoms with van der Waals surface area (Å²) in [5.41, 5.74) is 6.01. The maximum Gasteiger partial charge on any atom is 0.328 e. The maximum absolute atomic E-state index is 12.5. The minimum absolute atomic E-state index is 0.141. The molecule has 0 saturated carbocycles. The number of carbonyl (C=O) groups is 3. The molecule has 2 atom stereocenters. The van der Waals surface area contributed by atoms with Crippen LogP contribution in [-0.4, -0.2) is 36.4 Å². The molecule has 0 fully saturated rings. The number of rotatable bonds is 5. The molecule has 0 spiro atoms. The van der Waals surface area contributed by atoms with Crippen LogP contribution in [0.4, 0.5) is 0 Å². The molecule has 3 N–H and O–H groups in total. The van der Waals surface area contributed by atoms with Crippen LogP contribution >= 0.6 is 0 Å². The number of esters is 1. The summed E-state index contributed by atoms with van der Waals surface area (Å²) >= 11 is 0. The number of hydrogen-bond acceptors (Lipinski definition) is 5. The topological polar surface area (TPSA) is 98.5 Å². The Morgan fingerprint density at radius 1 is 1.33 bits per heavy atom. The van der Waals surface area contributed by atoms with Gasteiger partial charge in [0.2, 0.25) is 5.91 Å². The van der Waals surface area contributed by atoms with E-state index in [1.807, 2.05) is 0 Å². The van der Waals surface area contributed by atoms with E-state index in [9.17, 15) is 14.4 Å². The second kappa shape index (κ2) is 6.39. The number of nitrogens with two attached hydrogens (primary N) is 1. The Hall–Kier alpha value is -1.69. The van der Waals surface area contributed by atoms with Crippen molar-refractivity contribution in [3.8, 4) is 0 Å². The number of amides is 1. The van der Waals surface area contributed by atoms with E-state index in [1.54, 1.807) is 20.8 Å². The third-order valence-corrected chi connectivity index (χ3v) is 3.93. The van der Waals surface area contributed by atoms with Gasteiger partial charge in [0.25, 0.3) is 0 Å². The highest BCUT2D eigenvalue weighted by atomic mass is 16.5. The van der Waals surface area contributed by atoms with E-state index in [2.05, 4.69) is 5.32 Å². The van der Waals surface area contributed by atoms with Crippen LogP contribution in [0.1, 0.15) is 40.5 Å². The number of hydrogen-bond donors (Lipinski definition) is 2. The molecule has 0 aromatic heterocycles. The first-order valence-electron chi connectivity index (χ1n) is 7.04. The fourth-order valence-electron chi connectivity index (χ4n) is 2.75. The Balaban J connectivity index is 3.02. The molecule has 21 heavy (non-hydrogen) atoms. The number of Topliss-reactive ketones (excluding diaryl/α,β-unsaturated/α-hetero) is 1. The zero-order valence-electron chi connectivity index (χ0n) is 13.3. The minimum Gasteiger partial charge on any atom is -0.467 e. The van der Waals surface area contributed by atoms with Crippen molar-refractivity contribution in [1.29, 1.82) is 0 Å². The van der Waals surface area contributed by atoms with Crippen LogP contribution in [0.2, 0.25) is 0 Å². The van der Waals surface area contributed by atoms with Crippen molar-refractivity contribution in [3.05, 3.63) is 11.1 Å². The zero-order chi connectivity index (χ0) is 16.4. The molecule has 118 valence electrons. The number of ketones is 1. The third kappa shape index (κ3) is 3.32. The molecule has 0 aromatic rings. The standard InChI is InChI=1S/C15H24N2O4/c1-8(2)12(13(19)21-5)17-14(20)15(16)7-6-9(3)11(15)10(4)18/h8,12H,6-7,16H2,1-5H3,(H,17,20)/t12-,15+/m1/s1. The lowest BCUT2D eigenvalue weighted by atomic mass is 9.87. The van der Waals surface area contributed by atoms with Gasteiger partial charge < -0.3 is 15.8 Å². The van der Waals surface area contributed by atoms with E-state index >= 15 is 0 Å². The summed E-state index contributed by atoms with van der Waals surface area (Å²) in [6.07, 6.45) is 0.967. The van der Waals surface area contributed by atoms with E-state index in [0.29, 0.717) is 18.4 Å². The Bertz CT molecular complexity index is 496. The smallest absolute Gasteiger partial charge is 0.328 e. The predicted molar refractivity (Wildman–Crippen MR) is 78.3 cm³/mol. The molecule has 0 heterocycles. The van der Waals surface area contributed by atoms with Crippen molar-refractivity contribution in [3.63, 3.8) is 0 Å². The first kappa shape index (κ1) is 17.4. The van der Waals surface area contributed by atoms with Gasteiger partial charge in [0.15, 0.2) is 5.78 Å². The molecule has 6 heteroatoms. The van der Waals surface area contributed by atoms with Gasteiger partial charge in [-0.1, -0.05) is 19.4 Å². The number of methoxy groups -OCH3 is 1. The summed E-state index contributed by atoms with van der Waals surface area (Å²) in [5.74, 6) is -1.38. The van der Waals surface area contributed by atoms with Gasteiger partial charge in [0.1, 0.15) is 11.6 Å². The summed E-state index contributed by atoms with van der Waals surface area (Å²) in [6, 6.07) is -0.781. The molecule has 0 unspecified atom stereocenters. The Morgan fingerprint density at radius 3 is 2.33 bits per heavy atom. The summed E-state index contributed by atoms with van der Waals surface area (Å²) in [4.78, 5) is 36.0. The lowest BCUT2D eigenvalue weighted by molar-refractivity contribution is -0.146. The highest BCUT2D eigenvalue weighted by molar-refractivity contribution is 6.07. The Labute approximate surface area is 125 Å². The molecular weight excluding hydrogens is 272 g/mol. The molecule has 0 bridgehead atoms. The van der Waals surface area contributed by atoms with Crippen LogP contribution in [0.25, 0.3) is 0 Å². The summed E-state index contributed by atoms with van der Waals surface area (Å²) in [7, 11) is 1.27. The van der Waals surface area contributed by atoms with Crippen LogP contribution in [-0.2, 0) is 19.1 Å². The van der Waals surface area contributed by atoms with E-state index in [-0.39, 0.29) is 11.7 Å². The first-order chi connectivity index (χ1) is 9.65. The van der Waals surface area contributed by atoms with Gasteiger partial charge in [0, 0.05) is 5.57 Å². The van der Waals surface area contributed by atoms with Crippen LogP contribution in [0.5, 0.6) is 0 Å². The van der Waals surface area contributed by atoms with Crippen molar-refractivity contribution in [1.82, 2.24) is 5.32 Å². The highest BCUT2D eigenvalue weighted by Crippen LogP contribution is 2.34. The van der Waals surface area contributed by atoms with Gasteiger partial charge in [-0.15, -0.1) is 0 Å². The lowest BCUT2D eigenvalue weighted by Gasteiger charge is -2.29. The summed E-state index contributed by atoms with van der Waals surface area (Å²) < 4.78 is 4.69. The molecule has 0 aliphatic heterocycles. The van der Waals surface area contributed by atoms with Gasteiger partial charge in [0.05, 0.1) is 7.11 Å². The average Bonchev–Trinajstić information content (AvgIpc) is 2.71. The molecule has 1 rings (SSSR count). The van der Waals surface area contributed by atoms with Crippen molar-refractivity contribution < 1.29 is 19.1 Å². The van der Waals surface area contributed by atoms with Gasteiger partial charge >= 0.3 is 5.97 Å². The Kier molecular flexibility index (Phi) is 5.28. The molecular formula is C15H24N2O4. The van der Waals surface area contributed by atoms with Crippen molar-refractivity contribution in [2.45, 2.75) is 52.1 Å². The highest BCUT2D eigenvalue weighted by Gasteiger charge is 2.46. The normalized spacial score (nSPS) is 23.2. The van der Waals surface area contributed by atoms with Crippen LogP contribution in [0, 0.1) is 5.92 Å². The molecule has 0 saturated heterocycles. The van der Waals surface area contributed by atoms with E-state index < -0.39 is 23.5 Å². The molecule has 0 radical (unpaired) electrons. The SMILES string of the molecule is COC(=O)[C@H](NC(=O)[C@]1(N)CCC(C)=C1C(C)=O)C(C)C. The number of nitrogens with one attached hydrogen (secondary N) is 1. The average molecular weight is 296 g/mol. The molecule has 6 nitrogen and oxygen atoms in total.